The molecule has 1 aliphatic carbocycles. The molecule has 1 saturated carbocycles. The maximum Gasteiger partial charge on any atom is 0.137 e. The Kier molecular flexibility index (Phi) is 5.04. The summed E-state index contributed by atoms with van der Waals surface area (Å²) >= 11 is 6.20. The van der Waals surface area contributed by atoms with E-state index in [0.29, 0.717) is 11.1 Å². The van der Waals surface area contributed by atoms with Crippen LogP contribution in [0.25, 0.3) is 0 Å². The van der Waals surface area contributed by atoms with Crippen LogP contribution in [0.3, 0.4) is 0 Å². The Labute approximate surface area is 132 Å². The molecule has 2 fully saturated rings. The molecule has 0 bridgehead atoms. The van der Waals surface area contributed by atoms with E-state index < -0.39 is 0 Å². The number of piperazine rings is 1. The van der Waals surface area contributed by atoms with Crippen LogP contribution in [0.15, 0.2) is 18.2 Å². The smallest absolute Gasteiger partial charge is 0.137 e. The van der Waals surface area contributed by atoms with Crippen LogP contribution >= 0.6 is 11.6 Å². The van der Waals surface area contributed by atoms with Gasteiger partial charge < -0.3 is 10.1 Å². The number of halogens is 1. The molecule has 21 heavy (non-hydrogen) atoms. The normalized spacial score (nSPS) is 22.4. The maximum absolute atomic E-state index is 6.20. The van der Waals surface area contributed by atoms with Gasteiger partial charge in [-0.3, -0.25) is 4.90 Å². The van der Waals surface area contributed by atoms with Crippen molar-refractivity contribution in [1.29, 1.82) is 0 Å². The van der Waals surface area contributed by atoms with Crippen molar-refractivity contribution in [2.24, 2.45) is 5.92 Å². The molecular weight excluding hydrogens is 284 g/mol. The third-order valence-electron chi connectivity index (χ3n) is 4.91. The molecule has 0 unspecified atom stereocenters. The van der Waals surface area contributed by atoms with Gasteiger partial charge in [-0.05, 0) is 36.5 Å². The van der Waals surface area contributed by atoms with Gasteiger partial charge in [0.1, 0.15) is 5.75 Å². The zero-order chi connectivity index (χ0) is 14.7. The number of ether oxygens (including phenoxy) is 1. The summed E-state index contributed by atoms with van der Waals surface area (Å²) in [6.07, 6.45) is 5.44. The van der Waals surface area contributed by atoms with E-state index in [9.17, 15) is 0 Å². The number of hydrogen-bond acceptors (Lipinski definition) is 3. The van der Waals surface area contributed by atoms with Crippen LogP contribution < -0.4 is 10.1 Å². The lowest BCUT2D eigenvalue weighted by atomic mass is 9.89. The minimum absolute atomic E-state index is 0.515. The first kappa shape index (κ1) is 15.1. The first-order valence-electron chi connectivity index (χ1n) is 8.08. The van der Waals surface area contributed by atoms with Crippen molar-refractivity contribution in [3.63, 3.8) is 0 Å². The maximum atomic E-state index is 6.20. The van der Waals surface area contributed by atoms with Gasteiger partial charge in [0.05, 0.1) is 12.1 Å². The topological polar surface area (TPSA) is 24.5 Å². The standard InChI is InChI=1S/C17H25ClN2O/c1-21-16-12-14(6-7-15(16)18)17(13-4-2-3-5-13)20-10-8-19-9-11-20/h6-7,12-13,17,19H,2-5,8-11H2,1H3/t17-/m0/s1. The van der Waals surface area contributed by atoms with Crippen molar-refractivity contribution in [3.05, 3.63) is 28.8 Å². The number of hydrogen-bond donors (Lipinski definition) is 1. The van der Waals surface area contributed by atoms with E-state index in [1.807, 2.05) is 6.07 Å². The molecule has 1 aromatic carbocycles. The molecular formula is C17H25ClN2O. The molecule has 1 aromatic rings. The highest BCUT2D eigenvalue weighted by Gasteiger charge is 2.32. The third kappa shape index (κ3) is 3.36. The summed E-state index contributed by atoms with van der Waals surface area (Å²) < 4.78 is 5.42. The van der Waals surface area contributed by atoms with E-state index in [2.05, 4.69) is 22.3 Å². The van der Waals surface area contributed by atoms with E-state index in [1.54, 1.807) is 7.11 Å². The molecule has 0 aromatic heterocycles. The Morgan fingerprint density at radius 2 is 1.95 bits per heavy atom. The summed E-state index contributed by atoms with van der Waals surface area (Å²) in [6, 6.07) is 6.84. The zero-order valence-corrected chi connectivity index (χ0v) is 13.5. The number of nitrogens with one attached hydrogen (secondary N) is 1. The highest BCUT2D eigenvalue weighted by Crippen LogP contribution is 2.41. The molecule has 1 atom stereocenters. The van der Waals surface area contributed by atoms with Crippen LogP contribution in [0, 0.1) is 5.92 Å². The lowest BCUT2D eigenvalue weighted by Gasteiger charge is -2.38. The molecule has 116 valence electrons. The number of methoxy groups -OCH3 is 1. The predicted molar refractivity (Wildman–Crippen MR) is 87.1 cm³/mol. The lowest BCUT2D eigenvalue weighted by Crippen LogP contribution is -2.46. The van der Waals surface area contributed by atoms with Gasteiger partial charge >= 0.3 is 0 Å². The fourth-order valence-electron chi connectivity index (χ4n) is 3.87. The monoisotopic (exact) mass is 308 g/mol. The van der Waals surface area contributed by atoms with Crippen molar-refractivity contribution >= 4 is 11.6 Å². The van der Waals surface area contributed by atoms with E-state index in [-0.39, 0.29) is 0 Å². The second kappa shape index (κ2) is 6.99. The third-order valence-corrected chi connectivity index (χ3v) is 5.22. The average molecular weight is 309 g/mol. The summed E-state index contributed by atoms with van der Waals surface area (Å²) in [7, 11) is 1.69. The molecule has 1 saturated heterocycles. The van der Waals surface area contributed by atoms with Gasteiger partial charge in [-0.2, -0.15) is 0 Å². The SMILES string of the molecule is COc1cc([C@H](C2CCCC2)N2CCNCC2)ccc1Cl. The summed E-state index contributed by atoms with van der Waals surface area (Å²) in [5.74, 6) is 1.57. The molecule has 0 spiro atoms. The van der Waals surface area contributed by atoms with Crippen LogP contribution in [0.1, 0.15) is 37.3 Å². The Bertz CT molecular complexity index is 468. The van der Waals surface area contributed by atoms with E-state index in [4.69, 9.17) is 16.3 Å². The summed E-state index contributed by atoms with van der Waals surface area (Å²) in [5.41, 5.74) is 1.37. The summed E-state index contributed by atoms with van der Waals surface area (Å²) in [6.45, 7) is 4.44. The van der Waals surface area contributed by atoms with E-state index in [0.717, 1.165) is 37.8 Å². The average Bonchev–Trinajstić information content (AvgIpc) is 3.04. The van der Waals surface area contributed by atoms with Gasteiger partial charge in [0.2, 0.25) is 0 Å². The van der Waals surface area contributed by atoms with Crippen LogP contribution in [0.4, 0.5) is 0 Å². The van der Waals surface area contributed by atoms with Crippen LogP contribution in [-0.2, 0) is 0 Å². The quantitative estimate of drug-likeness (QED) is 0.921. The second-order valence-corrected chi connectivity index (χ2v) is 6.58. The molecule has 1 N–H and O–H groups in total. The van der Waals surface area contributed by atoms with Crippen LogP contribution in [0.5, 0.6) is 5.75 Å². The van der Waals surface area contributed by atoms with Gasteiger partial charge in [-0.15, -0.1) is 0 Å². The molecule has 1 heterocycles. The zero-order valence-electron chi connectivity index (χ0n) is 12.8. The predicted octanol–water partition coefficient (Wildman–Crippen LogP) is 3.49. The van der Waals surface area contributed by atoms with Gasteiger partial charge in [0.15, 0.2) is 0 Å². The molecule has 0 radical (unpaired) electrons. The molecule has 0 amide bonds. The van der Waals surface area contributed by atoms with E-state index >= 15 is 0 Å². The fourth-order valence-corrected chi connectivity index (χ4v) is 4.07. The number of nitrogens with zero attached hydrogens (tertiary/aromatic N) is 1. The second-order valence-electron chi connectivity index (χ2n) is 6.17. The molecule has 2 aliphatic rings. The summed E-state index contributed by atoms with van der Waals surface area (Å²) in [4.78, 5) is 2.65. The van der Waals surface area contributed by atoms with Gasteiger partial charge in [0, 0.05) is 32.2 Å². The number of benzene rings is 1. The van der Waals surface area contributed by atoms with E-state index in [1.165, 1.54) is 31.2 Å². The Hall–Kier alpha value is -0.770. The van der Waals surface area contributed by atoms with Gasteiger partial charge in [0.25, 0.3) is 0 Å². The molecule has 3 rings (SSSR count). The van der Waals surface area contributed by atoms with Crippen molar-refractivity contribution in [2.75, 3.05) is 33.3 Å². The van der Waals surface area contributed by atoms with Crippen molar-refractivity contribution in [2.45, 2.75) is 31.7 Å². The van der Waals surface area contributed by atoms with Gasteiger partial charge in [-0.1, -0.05) is 30.5 Å². The van der Waals surface area contributed by atoms with Crippen molar-refractivity contribution < 1.29 is 4.74 Å². The van der Waals surface area contributed by atoms with Crippen LogP contribution in [0.2, 0.25) is 5.02 Å². The lowest BCUT2D eigenvalue weighted by molar-refractivity contribution is 0.125. The largest absolute Gasteiger partial charge is 0.495 e. The van der Waals surface area contributed by atoms with Gasteiger partial charge in [-0.25, -0.2) is 0 Å². The van der Waals surface area contributed by atoms with Crippen molar-refractivity contribution in [1.82, 2.24) is 10.2 Å². The molecule has 4 heteroatoms. The minimum Gasteiger partial charge on any atom is -0.495 e. The minimum atomic E-state index is 0.515. The van der Waals surface area contributed by atoms with Crippen LogP contribution in [-0.4, -0.2) is 38.2 Å². The summed E-state index contributed by atoms with van der Waals surface area (Å²) in [5, 5.41) is 4.16. The Morgan fingerprint density at radius 3 is 2.62 bits per heavy atom. The Balaban J connectivity index is 1.89. The van der Waals surface area contributed by atoms with Crippen molar-refractivity contribution in [3.8, 4) is 5.75 Å². The Morgan fingerprint density at radius 1 is 1.24 bits per heavy atom. The fraction of sp³-hybridized carbons (Fsp3) is 0.647. The first-order chi connectivity index (χ1) is 10.3. The highest BCUT2D eigenvalue weighted by atomic mass is 35.5. The first-order valence-corrected chi connectivity index (χ1v) is 8.45. The highest BCUT2D eigenvalue weighted by molar-refractivity contribution is 6.32. The molecule has 1 aliphatic heterocycles. The molecule has 3 nitrogen and oxygen atoms in total. The number of rotatable bonds is 4.